The zero-order valence-electron chi connectivity index (χ0n) is 16.9. The van der Waals surface area contributed by atoms with E-state index in [-0.39, 0.29) is 11.4 Å². The third-order valence-electron chi connectivity index (χ3n) is 5.30. The molecule has 0 radical (unpaired) electrons. The maximum absolute atomic E-state index is 12.5. The molecule has 2 N–H and O–H groups in total. The maximum Gasteiger partial charge on any atom is 0.321 e. The van der Waals surface area contributed by atoms with Crippen molar-refractivity contribution in [2.24, 2.45) is 0 Å². The molecule has 3 aromatic rings. The van der Waals surface area contributed by atoms with Gasteiger partial charge in [0.2, 0.25) is 0 Å². The zero-order valence-corrected chi connectivity index (χ0v) is 16.9. The predicted octanol–water partition coefficient (Wildman–Crippen LogP) is 5.06. The average Bonchev–Trinajstić information content (AvgIpc) is 3.10. The maximum atomic E-state index is 12.5. The van der Waals surface area contributed by atoms with Crippen molar-refractivity contribution in [2.75, 3.05) is 25.1 Å². The molecule has 5 nitrogen and oxygen atoms in total. The van der Waals surface area contributed by atoms with Crippen molar-refractivity contribution in [1.82, 2.24) is 10.3 Å². The summed E-state index contributed by atoms with van der Waals surface area (Å²) in [5.41, 5.74) is 4.89. The number of urea groups is 1. The molecule has 4 rings (SSSR count). The number of fused-ring (bicyclic) bond motifs is 1. The van der Waals surface area contributed by atoms with Gasteiger partial charge in [0.25, 0.3) is 0 Å². The third kappa shape index (κ3) is 3.21. The van der Waals surface area contributed by atoms with Crippen molar-refractivity contribution < 1.29 is 9.53 Å². The molecule has 1 saturated heterocycles. The van der Waals surface area contributed by atoms with Gasteiger partial charge in [-0.2, -0.15) is 0 Å². The summed E-state index contributed by atoms with van der Waals surface area (Å²) in [4.78, 5) is 17.8. The van der Waals surface area contributed by atoms with Crippen molar-refractivity contribution in [1.29, 1.82) is 0 Å². The molecule has 2 amide bonds. The number of carbonyl (C=O) groups is 1. The summed E-state index contributed by atoms with van der Waals surface area (Å²) in [6, 6.07) is 14.5. The Labute approximate surface area is 165 Å². The molecule has 1 aromatic heterocycles. The predicted molar refractivity (Wildman–Crippen MR) is 114 cm³/mol. The summed E-state index contributed by atoms with van der Waals surface area (Å²) in [6.07, 6.45) is 0.935. The Kier molecular flexibility index (Phi) is 4.53. The Morgan fingerprint density at radius 2 is 1.89 bits per heavy atom. The minimum absolute atomic E-state index is 0.0427. The van der Waals surface area contributed by atoms with Crippen LogP contribution in [0.1, 0.15) is 32.8 Å². The lowest BCUT2D eigenvalue weighted by atomic mass is 9.84. The molecule has 2 aromatic carbocycles. The van der Waals surface area contributed by atoms with Crippen LogP contribution in [0.5, 0.6) is 5.75 Å². The minimum Gasteiger partial charge on any atom is -0.496 e. The Morgan fingerprint density at radius 1 is 1.11 bits per heavy atom. The molecule has 5 heteroatoms. The van der Waals surface area contributed by atoms with Crippen LogP contribution in [-0.2, 0) is 5.41 Å². The highest BCUT2D eigenvalue weighted by atomic mass is 16.5. The van der Waals surface area contributed by atoms with Gasteiger partial charge in [-0.15, -0.1) is 0 Å². The van der Waals surface area contributed by atoms with E-state index in [1.54, 1.807) is 7.11 Å². The number of ether oxygens (including phenoxy) is 1. The van der Waals surface area contributed by atoms with Crippen molar-refractivity contribution in [3.8, 4) is 17.0 Å². The summed E-state index contributed by atoms with van der Waals surface area (Å²) in [6.45, 7) is 7.94. The molecule has 1 fully saturated rings. The van der Waals surface area contributed by atoms with Gasteiger partial charge in [-0.05, 0) is 36.1 Å². The number of anilines is 1. The number of carbonyl (C=O) groups excluding carboxylic acids is 1. The number of benzene rings is 2. The number of para-hydroxylation sites is 1. The molecule has 146 valence electrons. The van der Waals surface area contributed by atoms with Crippen LogP contribution in [0.3, 0.4) is 0 Å². The smallest absolute Gasteiger partial charge is 0.321 e. The number of nitrogens with one attached hydrogen (secondary N) is 2. The number of H-pyrrole nitrogens is 1. The first-order valence-electron chi connectivity index (χ1n) is 9.74. The molecule has 0 unspecified atom stereocenters. The quantitative estimate of drug-likeness (QED) is 0.670. The molecule has 0 bridgehead atoms. The first-order chi connectivity index (χ1) is 13.4. The SMILES string of the molecule is COc1c(-c2cc3ccccc3[nH]2)cc(N2CCCNC2=O)cc1C(C)(C)C. The summed E-state index contributed by atoms with van der Waals surface area (Å²) in [5, 5.41) is 4.10. The fraction of sp³-hybridized carbons (Fsp3) is 0.348. The highest BCUT2D eigenvalue weighted by Gasteiger charge is 2.27. The number of aromatic amines is 1. The van der Waals surface area contributed by atoms with E-state index >= 15 is 0 Å². The lowest BCUT2D eigenvalue weighted by molar-refractivity contribution is 0.243. The van der Waals surface area contributed by atoms with Crippen LogP contribution >= 0.6 is 0 Å². The molecule has 1 aliphatic rings. The van der Waals surface area contributed by atoms with Gasteiger partial charge >= 0.3 is 6.03 Å². The summed E-state index contributed by atoms with van der Waals surface area (Å²) < 4.78 is 5.88. The Balaban J connectivity index is 1.94. The van der Waals surface area contributed by atoms with E-state index in [0.717, 1.165) is 52.1 Å². The van der Waals surface area contributed by atoms with Crippen LogP contribution in [0.4, 0.5) is 10.5 Å². The lowest BCUT2D eigenvalue weighted by Crippen LogP contribution is -2.46. The zero-order chi connectivity index (χ0) is 19.9. The fourth-order valence-electron chi connectivity index (χ4n) is 3.84. The average molecular weight is 377 g/mol. The molecule has 0 atom stereocenters. The van der Waals surface area contributed by atoms with E-state index in [1.165, 1.54) is 0 Å². The van der Waals surface area contributed by atoms with Gasteiger partial charge in [0.15, 0.2) is 0 Å². The Hall–Kier alpha value is -2.95. The van der Waals surface area contributed by atoms with Crippen LogP contribution in [-0.4, -0.2) is 31.2 Å². The van der Waals surface area contributed by atoms with Crippen molar-refractivity contribution >= 4 is 22.6 Å². The van der Waals surface area contributed by atoms with Gasteiger partial charge in [0.05, 0.1) is 12.8 Å². The second-order valence-electron chi connectivity index (χ2n) is 8.33. The number of nitrogens with zero attached hydrogens (tertiary/aromatic N) is 1. The monoisotopic (exact) mass is 377 g/mol. The second kappa shape index (κ2) is 6.89. The normalized spacial score (nSPS) is 15.0. The lowest BCUT2D eigenvalue weighted by Gasteiger charge is -2.31. The van der Waals surface area contributed by atoms with Gasteiger partial charge in [-0.1, -0.05) is 39.0 Å². The van der Waals surface area contributed by atoms with Gasteiger partial charge in [-0.3, -0.25) is 4.90 Å². The van der Waals surface area contributed by atoms with Gasteiger partial charge in [0, 0.05) is 40.8 Å². The number of aromatic nitrogens is 1. The molecular formula is C23H27N3O2. The Morgan fingerprint density at radius 3 is 2.57 bits per heavy atom. The Bertz CT molecular complexity index is 997. The van der Waals surface area contributed by atoms with Crippen LogP contribution in [0.25, 0.3) is 22.2 Å². The minimum atomic E-state index is -0.131. The van der Waals surface area contributed by atoms with E-state index in [9.17, 15) is 4.79 Å². The number of rotatable bonds is 3. The number of hydrogen-bond donors (Lipinski definition) is 2. The molecule has 0 spiro atoms. The van der Waals surface area contributed by atoms with Crippen molar-refractivity contribution in [3.05, 3.63) is 48.0 Å². The molecule has 1 aliphatic heterocycles. The van der Waals surface area contributed by atoms with Crippen LogP contribution in [0.2, 0.25) is 0 Å². The molecule has 2 heterocycles. The standard InChI is InChI=1S/C23H27N3O2/c1-23(2,3)18-14-16(26-11-7-10-24-22(26)27)13-17(21(18)28-4)20-12-15-8-5-6-9-19(15)25-20/h5-6,8-9,12-14,25H,7,10-11H2,1-4H3,(H,24,27). The van der Waals surface area contributed by atoms with Gasteiger partial charge < -0.3 is 15.0 Å². The molecular weight excluding hydrogens is 350 g/mol. The van der Waals surface area contributed by atoms with Gasteiger partial charge in [-0.25, -0.2) is 4.79 Å². The van der Waals surface area contributed by atoms with Crippen molar-refractivity contribution in [3.63, 3.8) is 0 Å². The van der Waals surface area contributed by atoms with Crippen LogP contribution in [0.15, 0.2) is 42.5 Å². The van der Waals surface area contributed by atoms with Crippen LogP contribution in [0, 0.1) is 0 Å². The summed E-state index contributed by atoms with van der Waals surface area (Å²) in [5.74, 6) is 0.847. The second-order valence-corrected chi connectivity index (χ2v) is 8.33. The number of hydrogen-bond acceptors (Lipinski definition) is 2. The van der Waals surface area contributed by atoms with E-state index in [2.05, 4.69) is 61.4 Å². The summed E-state index contributed by atoms with van der Waals surface area (Å²) in [7, 11) is 1.71. The number of amides is 2. The van der Waals surface area contributed by atoms with E-state index in [1.807, 2.05) is 17.0 Å². The first-order valence-corrected chi connectivity index (χ1v) is 9.74. The first kappa shape index (κ1) is 18.4. The highest BCUT2D eigenvalue weighted by molar-refractivity contribution is 5.95. The fourth-order valence-corrected chi connectivity index (χ4v) is 3.84. The largest absolute Gasteiger partial charge is 0.496 e. The van der Waals surface area contributed by atoms with Gasteiger partial charge in [0.1, 0.15) is 5.75 Å². The van der Waals surface area contributed by atoms with E-state index in [4.69, 9.17) is 4.74 Å². The topological polar surface area (TPSA) is 57.4 Å². The third-order valence-corrected chi connectivity index (χ3v) is 5.30. The molecule has 28 heavy (non-hydrogen) atoms. The van der Waals surface area contributed by atoms with Crippen molar-refractivity contribution in [2.45, 2.75) is 32.6 Å². The van der Waals surface area contributed by atoms with E-state index in [0.29, 0.717) is 6.54 Å². The van der Waals surface area contributed by atoms with Crippen LogP contribution < -0.4 is 15.0 Å². The van der Waals surface area contributed by atoms with E-state index < -0.39 is 0 Å². The molecule has 0 saturated carbocycles. The number of methoxy groups -OCH3 is 1. The summed E-state index contributed by atoms with van der Waals surface area (Å²) >= 11 is 0. The highest BCUT2D eigenvalue weighted by Crippen LogP contribution is 2.43. The molecule has 0 aliphatic carbocycles.